The minimum absolute atomic E-state index is 0.153. The number of Topliss-reactive ketones (excluding diaryl/α,β-unsaturated/α-hetero) is 1. The molecule has 0 radical (unpaired) electrons. The smallest absolute Gasteiger partial charge is 0.339 e. The Balaban J connectivity index is 1.99. The van der Waals surface area contributed by atoms with Crippen molar-refractivity contribution in [3.63, 3.8) is 0 Å². The van der Waals surface area contributed by atoms with Gasteiger partial charge in [0.25, 0.3) is 0 Å². The van der Waals surface area contributed by atoms with Crippen LogP contribution in [0.2, 0.25) is 0 Å². The molecule has 0 fully saturated rings. The minimum atomic E-state index is -0.801. The molecule has 0 spiro atoms. The Morgan fingerprint density at radius 3 is 2.38 bits per heavy atom. The molecule has 0 saturated carbocycles. The number of rotatable bonds is 7. The molecule has 1 atom stereocenters. The molecule has 0 unspecified atom stereocenters. The molecule has 1 amide bonds. The van der Waals surface area contributed by atoms with E-state index in [9.17, 15) is 14.4 Å². The van der Waals surface area contributed by atoms with E-state index in [1.54, 1.807) is 24.3 Å². The maximum absolute atomic E-state index is 12.3. The zero-order chi connectivity index (χ0) is 19.1. The van der Waals surface area contributed by atoms with E-state index in [1.807, 2.05) is 31.2 Å². The topological polar surface area (TPSA) is 72.5 Å². The highest BCUT2D eigenvalue weighted by Crippen LogP contribution is 2.24. The van der Waals surface area contributed by atoms with Crippen LogP contribution >= 0.6 is 11.8 Å². The van der Waals surface area contributed by atoms with E-state index in [-0.39, 0.29) is 17.4 Å². The fraction of sp³-hybridized carbons (Fsp3) is 0.250. The fourth-order valence-corrected chi connectivity index (χ4v) is 2.89. The molecule has 26 heavy (non-hydrogen) atoms. The van der Waals surface area contributed by atoms with Crippen molar-refractivity contribution in [2.75, 3.05) is 11.1 Å². The van der Waals surface area contributed by atoms with Gasteiger partial charge in [0, 0.05) is 10.6 Å². The predicted molar refractivity (Wildman–Crippen MR) is 103 cm³/mol. The van der Waals surface area contributed by atoms with Gasteiger partial charge < -0.3 is 10.1 Å². The molecule has 0 aliphatic carbocycles. The Morgan fingerprint density at radius 1 is 1.08 bits per heavy atom. The summed E-state index contributed by atoms with van der Waals surface area (Å²) in [5.74, 6) is -0.810. The summed E-state index contributed by atoms with van der Waals surface area (Å²) >= 11 is 1.24. The highest BCUT2D eigenvalue weighted by Gasteiger charge is 2.18. The van der Waals surface area contributed by atoms with Crippen LogP contribution < -0.4 is 5.32 Å². The normalized spacial score (nSPS) is 11.5. The van der Waals surface area contributed by atoms with Crippen molar-refractivity contribution in [2.45, 2.75) is 31.8 Å². The third kappa shape index (κ3) is 5.74. The lowest BCUT2D eigenvalue weighted by atomic mass is 10.2. The number of hydrogen-bond donors (Lipinski definition) is 1. The zero-order valence-corrected chi connectivity index (χ0v) is 15.8. The lowest BCUT2D eigenvalue weighted by molar-refractivity contribution is -0.124. The second kappa shape index (κ2) is 9.20. The van der Waals surface area contributed by atoms with Crippen LogP contribution in [0.4, 0.5) is 5.69 Å². The number of anilines is 1. The third-order valence-electron chi connectivity index (χ3n) is 3.66. The van der Waals surface area contributed by atoms with Gasteiger partial charge in [-0.1, -0.05) is 29.8 Å². The summed E-state index contributed by atoms with van der Waals surface area (Å²) in [4.78, 5) is 36.3. The van der Waals surface area contributed by atoms with E-state index in [1.165, 1.54) is 25.6 Å². The first-order chi connectivity index (χ1) is 12.4. The van der Waals surface area contributed by atoms with Gasteiger partial charge in [-0.15, -0.1) is 11.8 Å². The van der Waals surface area contributed by atoms with Crippen LogP contribution in [0.5, 0.6) is 0 Å². The lowest BCUT2D eigenvalue weighted by Crippen LogP contribution is -2.22. The number of benzene rings is 2. The minimum Gasteiger partial charge on any atom is -0.451 e. The molecule has 5 nitrogen and oxygen atoms in total. The summed E-state index contributed by atoms with van der Waals surface area (Å²) in [6.07, 6.45) is -0.801. The van der Waals surface area contributed by atoms with Crippen molar-refractivity contribution in [1.29, 1.82) is 0 Å². The Morgan fingerprint density at radius 2 is 1.73 bits per heavy atom. The van der Waals surface area contributed by atoms with Gasteiger partial charge >= 0.3 is 5.97 Å². The Kier molecular flexibility index (Phi) is 6.97. The first-order valence-corrected chi connectivity index (χ1v) is 9.15. The standard InChI is InChI=1S/C20H21NO4S/c1-13-8-10-16(11-9-13)21-19(23)12-26-18-7-5-4-6-17(18)20(24)25-15(3)14(2)22/h4-11,15H,12H2,1-3H3,(H,21,23)/t15-/m1/s1. The maximum atomic E-state index is 12.3. The average Bonchev–Trinajstić information content (AvgIpc) is 2.62. The number of amides is 1. The highest BCUT2D eigenvalue weighted by molar-refractivity contribution is 8.00. The largest absolute Gasteiger partial charge is 0.451 e. The molecule has 2 aromatic carbocycles. The predicted octanol–water partition coefficient (Wildman–Crippen LogP) is 3.86. The van der Waals surface area contributed by atoms with Gasteiger partial charge in [-0.05, 0) is 45.0 Å². The number of esters is 1. The number of hydrogen-bond acceptors (Lipinski definition) is 5. The van der Waals surface area contributed by atoms with Crippen molar-refractivity contribution in [3.8, 4) is 0 Å². The van der Waals surface area contributed by atoms with Crippen molar-refractivity contribution in [2.24, 2.45) is 0 Å². The second-order valence-electron chi connectivity index (χ2n) is 5.86. The second-order valence-corrected chi connectivity index (χ2v) is 6.87. The van der Waals surface area contributed by atoms with Gasteiger partial charge in [0.15, 0.2) is 11.9 Å². The van der Waals surface area contributed by atoms with Gasteiger partial charge in [0.05, 0.1) is 11.3 Å². The van der Waals surface area contributed by atoms with Crippen LogP contribution in [0.3, 0.4) is 0 Å². The SMILES string of the molecule is CC(=O)[C@@H](C)OC(=O)c1ccccc1SCC(=O)Nc1ccc(C)cc1. The molecular formula is C20H21NO4S. The fourth-order valence-electron chi connectivity index (χ4n) is 2.05. The summed E-state index contributed by atoms with van der Waals surface area (Å²) in [7, 11) is 0. The molecule has 2 aromatic rings. The Labute approximate surface area is 157 Å². The first kappa shape index (κ1) is 19.7. The molecule has 1 N–H and O–H groups in total. The zero-order valence-electron chi connectivity index (χ0n) is 14.9. The molecule has 2 rings (SSSR count). The first-order valence-electron chi connectivity index (χ1n) is 8.16. The number of carbonyl (C=O) groups is 3. The van der Waals surface area contributed by atoms with E-state index in [2.05, 4.69) is 5.32 Å². The third-order valence-corrected chi connectivity index (χ3v) is 4.73. The van der Waals surface area contributed by atoms with Gasteiger partial charge in [-0.3, -0.25) is 9.59 Å². The molecule has 0 aromatic heterocycles. The average molecular weight is 371 g/mol. The van der Waals surface area contributed by atoms with Crippen molar-refractivity contribution >= 4 is 35.1 Å². The molecule has 0 aliphatic rings. The lowest BCUT2D eigenvalue weighted by Gasteiger charge is -2.12. The van der Waals surface area contributed by atoms with Gasteiger partial charge in [-0.25, -0.2) is 4.79 Å². The maximum Gasteiger partial charge on any atom is 0.339 e. The van der Waals surface area contributed by atoms with Gasteiger partial charge in [0.2, 0.25) is 5.91 Å². The summed E-state index contributed by atoms with van der Waals surface area (Å²) < 4.78 is 5.15. The van der Waals surface area contributed by atoms with Crippen molar-refractivity contribution in [1.82, 2.24) is 0 Å². The molecular weight excluding hydrogens is 350 g/mol. The summed E-state index contributed by atoms with van der Waals surface area (Å²) in [6.45, 7) is 4.88. The van der Waals surface area contributed by atoms with Crippen LogP contribution in [0.15, 0.2) is 53.4 Å². The summed E-state index contributed by atoms with van der Waals surface area (Å²) in [6, 6.07) is 14.4. The number of nitrogens with one attached hydrogen (secondary N) is 1. The van der Waals surface area contributed by atoms with Crippen LogP contribution in [0.1, 0.15) is 29.8 Å². The van der Waals surface area contributed by atoms with Gasteiger partial charge in [0.1, 0.15) is 0 Å². The Hall–Kier alpha value is -2.60. The van der Waals surface area contributed by atoms with E-state index in [4.69, 9.17) is 4.74 Å². The molecule has 0 heterocycles. The monoisotopic (exact) mass is 371 g/mol. The van der Waals surface area contributed by atoms with Crippen LogP contribution in [0.25, 0.3) is 0 Å². The van der Waals surface area contributed by atoms with Crippen LogP contribution in [-0.2, 0) is 14.3 Å². The molecule has 0 bridgehead atoms. The van der Waals surface area contributed by atoms with E-state index in [0.717, 1.165) is 11.3 Å². The van der Waals surface area contributed by atoms with Gasteiger partial charge in [-0.2, -0.15) is 0 Å². The number of carbonyl (C=O) groups excluding carboxylic acids is 3. The van der Waals surface area contributed by atoms with Crippen molar-refractivity contribution in [3.05, 3.63) is 59.7 Å². The molecule has 0 aliphatic heterocycles. The number of thioether (sulfide) groups is 1. The highest BCUT2D eigenvalue weighted by atomic mass is 32.2. The number of ketones is 1. The van der Waals surface area contributed by atoms with Crippen LogP contribution in [0, 0.1) is 6.92 Å². The number of aryl methyl sites for hydroxylation is 1. The Bertz CT molecular complexity index is 802. The molecule has 6 heteroatoms. The van der Waals surface area contributed by atoms with Crippen molar-refractivity contribution < 1.29 is 19.1 Å². The summed E-state index contributed by atoms with van der Waals surface area (Å²) in [5, 5.41) is 2.81. The molecule has 136 valence electrons. The number of ether oxygens (including phenoxy) is 1. The van der Waals surface area contributed by atoms with Crippen LogP contribution in [-0.4, -0.2) is 29.5 Å². The van der Waals surface area contributed by atoms with E-state index in [0.29, 0.717) is 10.5 Å². The molecule has 0 saturated heterocycles. The quantitative estimate of drug-likeness (QED) is 0.591. The van der Waals surface area contributed by atoms with E-state index >= 15 is 0 Å². The summed E-state index contributed by atoms with van der Waals surface area (Å²) in [5.41, 5.74) is 2.18. The van der Waals surface area contributed by atoms with E-state index < -0.39 is 12.1 Å².